The summed E-state index contributed by atoms with van der Waals surface area (Å²) in [5, 5.41) is 16.2. The van der Waals surface area contributed by atoms with E-state index in [1.807, 2.05) is 18.2 Å². The van der Waals surface area contributed by atoms with E-state index in [-0.39, 0.29) is 61.6 Å². The Kier molecular flexibility index (Phi) is 9.49. The lowest BCUT2D eigenvalue weighted by Crippen LogP contribution is -2.26. The van der Waals surface area contributed by atoms with Crippen molar-refractivity contribution < 1.29 is 14.3 Å². The Morgan fingerprint density at radius 2 is 1.71 bits per heavy atom. The van der Waals surface area contributed by atoms with Crippen LogP contribution in [-0.4, -0.2) is 41.9 Å². The van der Waals surface area contributed by atoms with Crippen LogP contribution in [0.5, 0.6) is 0 Å². The predicted octanol–water partition coefficient (Wildman–Crippen LogP) is 3.90. The molecule has 2 aromatic carbocycles. The molecular formula is C24H29Cl2N5O3. The van der Waals surface area contributed by atoms with Gasteiger partial charge in [0, 0.05) is 28.6 Å². The van der Waals surface area contributed by atoms with Crippen molar-refractivity contribution in [2.24, 2.45) is 11.5 Å². The number of ether oxygens (including phenoxy) is 2. The van der Waals surface area contributed by atoms with Crippen LogP contribution in [0.1, 0.15) is 36.0 Å². The number of halogens is 2. The number of esters is 1. The number of hydrogen-bond donors (Lipinski definition) is 5. The molecule has 10 heteroatoms. The van der Waals surface area contributed by atoms with Gasteiger partial charge in [0.2, 0.25) is 0 Å². The second kappa shape index (κ2) is 11.9. The highest BCUT2D eigenvalue weighted by molar-refractivity contribution is 6.01. The van der Waals surface area contributed by atoms with E-state index in [2.05, 4.69) is 4.98 Å². The zero-order chi connectivity index (χ0) is 22.7. The summed E-state index contributed by atoms with van der Waals surface area (Å²) in [6.45, 7) is 0.974. The molecule has 0 saturated carbocycles. The van der Waals surface area contributed by atoms with E-state index < -0.39 is 0 Å². The van der Waals surface area contributed by atoms with Gasteiger partial charge in [0.1, 0.15) is 18.3 Å². The van der Waals surface area contributed by atoms with Gasteiger partial charge in [0.05, 0.1) is 18.2 Å². The Morgan fingerprint density at radius 1 is 1.03 bits per heavy atom. The second-order valence-corrected chi connectivity index (χ2v) is 7.99. The van der Waals surface area contributed by atoms with E-state index in [0.717, 1.165) is 47.0 Å². The highest BCUT2D eigenvalue weighted by atomic mass is 35.5. The minimum Gasteiger partial charge on any atom is -0.463 e. The van der Waals surface area contributed by atoms with Crippen molar-refractivity contribution in [3.63, 3.8) is 0 Å². The third-order valence-corrected chi connectivity index (χ3v) is 5.73. The predicted molar refractivity (Wildman–Crippen MR) is 139 cm³/mol. The van der Waals surface area contributed by atoms with Gasteiger partial charge in [-0.05, 0) is 36.5 Å². The monoisotopic (exact) mass is 505 g/mol. The Bertz CT molecular complexity index is 1170. The lowest BCUT2D eigenvalue weighted by molar-refractivity contribution is -0.148. The number of carbonyl (C=O) groups excluding carboxylic acids is 1. The van der Waals surface area contributed by atoms with E-state index >= 15 is 0 Å². The number of aromatic nitrogens is 1. The Balaban J connectivity index is 0.00000204. The molecule has 0 aliphatic carbocycles. The fraction of sp³-hybridized carbons (Fsp3) is 0.292. The average molecular weight is 506 g/mol. The Hall–Kier alpha value is -3.07. The first-order chi connectivity index (χ1) is 15.4. The largest absolute Gasteiger partial charge is 0.463 e. The number of H-pyrrole nitrogens is 1. The summed E-state index contributed by atoms with van der Waals surface area (Å²) >= 11 is 0. The molecule has 0 bridgehead atoms. The number of nitrogen functional groups attached to an aromatic ring is 2. The summed E-state index contributed by atoms with van der Waals surface area (Å²) in [5.41, 5.74) is 15.7. The number of benzene rings is 2. The van der Waals surface area contributed by atoms with Gasteiger partial charge in [-0.3, -0.25) is 15.6 Å². The van der Waals surface area contributed by atoms with Crippen molar-refractivity contribution in [3.05, 3.63) is 59.2 Å². The van der Waals surface area contributed by atoms with Crippen LogP contribution < -0.4 is 11.5 Å². The summed E-state index contributed by atoms with van der Waals surface area (Å²) in [5.74, 6) is -0.354. The number of fused-ring (bicyclic) bond motifs is 1. The minimum absolute atomic E-state index is 0. The number of carbonyl (C=O) groups is 1. The van der Waals surface area contributed by atoms with Gasteiger partial charge in [-0.15, -0.1) is 24.8 Å². The van der Waals surface area contributed by atoms with E-state index in [1.165, 1.54) is 0 Å². The van der Waals surface area contributed by atoms with E-state index in [9.17, 15) is 4.79 Å². The number of nitrogens with one attached hydrogen (secondary N) is 3. The van der Waals surface area contributed by atoms with E-state index in [1.54, 1.807) is 24.3 Å². The zero-order valence-corrected chi connectivity index (χ0v) is 20.2. The molecule has 0 radical (unpaired) electrons. The first-order valence-electron chi connectivity index (χ1n) is 10.6. The van der Waals surface area contributed by atoms with Crippen LogP contribution in [0.3, 0.4) is 0 Å². The van der Waals surface area contributed by atoms with Crippen molar-refractivity contribution in [2.45, 2.75) is 31.8 Å². The molecule has 2 heterocycles. The standard InChI is InChI=1S/C24H27N5O3.2ClH/c25-23(26)15-6-4-14(5-7-15)22-19(12-21(30)32-13-17-3-1-2-10-31-17)18-9-8-16(24(27)28)11-20(18)29-22;;/h4-9,11,17,29H,1-3,10,12-13H2,(H3,25,26)(H3,27,28);2*1H. The third-order valence-electron chi connectivity index (χ3n) is 5.73. The molecule has 1 aliphatic rings. The normalized spacial score (nSPS) is 15.1. The molecule has 1 aliphatic heterocycles. The summed E-state index contributed by atoms with van der Waals surface area (Å²) < 4.78 is 11.2. The number of rotatable bonds is 7. The molecule has 3 aromatic rings. The smallest absolute Gasteiger partial charge is 0.310 e. The van der Waals surface area contributed by atoms with Crippen LogP contribution in [0.4, 0.5) is 0 Å². The highest BCUT2D eigenvalue weighted by Crippen LogP contribution is 2.32. The average Bonchev–Trinajstić information content (AvgIpc) is 3.16. The quantitative estimate of drug-likeness (QED) is 0.187. The Morgan fingerprint density at radius 3 is 2.32 bits per heavy atom. The van der Waals surface area contributed by atoms with Crippen LogP contribution in [0.15, 0.2) is 42.5 Å². The van der Waals surface area contributed by atoms with E-state index in [0.29, 0.717) is 17.7 Å². The van der Waals surface area contributed by atoms with Crippen molar-refractivity contribution in [1.82, 2.24) is 4.98 Å². The second-order valence-electron chi connectivity index (χ2n) is 7.99. The molecule has 1 unspecified atom stereocenters. The third kappa shape index (κ3) is 6.08. The first-order valence-corrected chi connectivity index (χ1v) is 10.6. The maximum atomic E-state index is 12.7. The summed E-state index contributed by atoms with van der Waals surface area (Å²) in [7, 11) is 0. The molecule has 1 aromatic heterocycles. The van der Waals surface area contributed by atoms with Gasteiger partial charge < -0.3 is 25.9 Å². The zero-order valence-electron chi connectivity index (χ0n) is 18.6. The number of nitrogens with two attached hydrogens (primary N) is 2. The van der Waals surface area contributed by atoms with Crippen LogP contribution in [0, 0.1) is 10.8 Å². The van der Waals surface area contributed by atoms with Crippen molar-refractivity contribution in [1.29, 1.82) is 10.8 Å². The maximum absolute atomic E-state index is 12.7. The van der Waals surface area contributed by atoms with Gasteiger partial charge in [-0.25, -0.2) is 0 Å². The maximum Gasteiger partial charge on any atom is 0.310 e. The van der Waals surface area contributed by atoms with Gasteiger partial charge >= 0.3 is 5.97 Å². The fourth-order valence-corrected chi connectivity index (χ4v) is 3.99. The first kappa shape index (κ1) is 27.2. The summed E-state index contributed by atoms with van der Waals surface area (Å²) in [6.07, 6.45) is 3.10. The van der Waals surface area contributed by atoms with Gasteiger partial charge in [0.25, 0.3) is 0 Å². The molecule has 7 N–H and O–H groups in total. The molecule has 1 saturated heterocycles. The van der Waals surface area contributed by atoms with Crippen molar-refractivity contribution in [3.8, 4) is 11.3 Å². The molecular weight excluding hydrogens is 477 g/mol. The lowest BCUT2D eigenvalue weighted by atomic mass is 10.0. The van der Waals surface area contributed by atoms with Crippen molar-refractivity contribution in [2.75, 3.05) is 13.2 Å². The van der Waals surface area contributed by atoms with Gasteiger partial charge in [-0.1, -0.05) is 36.4 Å². The van der Waals surface area contributed by atoms with Crippen molar-refractivity contribution >= 4 is 53.4 Å². The Labute approximate surface area is 210 Å². The van der Waals surface area contributed by atoms with Crippen LogP contribution >= 0.6 is 24.8 Å². The molecule has 182 valence electrons. The molecule has 34 heavy (non-hydrogen) atoms. The number of aromatic amines is 1. The summed E-state index contributed by atoms with van der Waals surface area (Å²) in [4.78, 5) is 16.1. The molecule has 1 fully saturated rings. The molecule has 0 amide bonds. The number of hydrogen-bond acceptors (Lipinski definition) is 5. The van der Waals surface area contributed by atoms with Crippen LogP contribution in [-0.2, 0) is 20.7 Å². The highest BCUT2D eigenvalue weighted by Gasteiger charge is 2.20. The molecule has 8 nitrogen and oxygen atoms in total. The fourth-order valence-electron chi connectivity index (χ4n) is 3.99. The lowest BCUT2D eigenvalue weighted by Gasteiger charge is -2.22. The van der Waals surface area contributed by atoms with Crippen LogP contribution in [0.25, 0.3) is 22.2 Å². The number of amidine groups is 2. The SMILES string of the molecule is Cl.Cl.N=C(N)c1ccc(-c2[nH]c3cc(C(=N)N)ccc3c2CC(=O)OCC2CCCCO2)cc1. The van der Waals surface area contributed by atoms with Gasteiger partial charge in [0.15, 0.2) is 0 Å². The van der Waals surface area contributed by atoms with E-state index in [4.69, 9.17) is 31.8 Å². The molecule has 1 atom stereocenters. The molecule has 4 rings (SSSR count). The molecule has 0 spiro atoms. The van der Waals surface area contributed by atoms with Crippen LogP contribution in [0.2, 0.25) is 0 Å². The van der Waals surface area contributed by atoms with Gasteiger partial charge in [-0.2, -0.15) is 0 Å². The summed E-state index contributed by atoms with van der Waals surface area (Å²) in [6, 6.07) is 12.7. The topological polar surface area (TPSA) is 151 Å². The minimum atomic E-state index is -0.322.